The van der Waals surface area contributed by atoms with E-state index in [2.05, 4.69) is 118 Å². The highest BCUT2D eigenvalue weighted by Crippen LogP contribution is 2.14. The van der Waals surface area contributed by atoms with E-state index in [1.165, 1.54) is 64.2 Å². The first-order valence-corrected chi connectivity index (χ1v) is 26.4. The number of allylic oxidation sites excluding steroid dienone is 18. The Labute approximate surface area is 400 Å². The molecule has 0 N–H and O–H groups in total. The van der Waals surface area contributed by atoms with Crippen LogP contribution in [-0.2, 0) is 28.6 Å². The standard InChI is InChI=1S/C59H96O6/c1-4-7-10-13-16-19-22-25-27-28-29-30-32-34-37-40-43-46-49-52-58(61)64-55-56(54-63-57(60)51-48-45-42-39-36-33-24-21-18-15-12-9-6-3)65-59(62)53-50-47-44-41-38-35-31-26-23-20-17-14-11-8-5-2/h7-8,10-11,16-17,19-20,25-27,29-31,34,37,43,46,56H,4-6,9,12-15,18,21-24,28,32-33,35-36,38-42,44-45,47-55H2,1-3H3/b10-7-,11-8-,19-16-,20-17-,27-25-,30-29-,31-26-,37-34-,46-43-. The van der Waals surface area contributed by atoms with Crippen LogP contribution in [0, 0.1) is 0 Å². The van der Waals surface area contributed by atoms with Gasteiger partial charge in [-0.05, 0) is 89.9 Å². The van der Waals surface area contributed by atoms with E-state index in [0.717, 1.165) is 116 Å². The lowest BCUT2D eigenvalue weighted by Gasteiger charge is -2.18. The molecule has 0 aliphatic rings. The van der Waals surface area contributed by atoms with Gasteiger partial charge in [0.25, 0.3) is 0 Å². The molecule has 0 aromatic heterocycles. The number of carbonyl (C=O) groups is 3. The average molecular weight is 901 g/mol. The van der Waals surface area contributed by atoms with E-state index in [4.69, 9.17) is 14.2 Å². The lowest BCUT2D eigenvalue weighted by Crippen LogP contribution is -2.30. The quantitative estimate of drug-likeness (QED) is 0.0262. The Bertz CT molecular complexity index is 1360. The number of carbonyl (C=O) groups excluding carboxylic acids is 3. The SMILES string of the molecule is CC/C=C\C/C=C\C/C=C\C/C=C\C/C=C\C/C=C\CCC(=O)OCC(COC(=O)CCCCCCCCCCCCCCC)OC(=O)CCCCCCC/C=C\C/C=C\C/C=C\CC. The summed E-state index contributed by atoms with van der Waals surface area (Å²) in [7, 11) is 0. The molecule has 0 rings (SSSR count). The van der Waals surface area contributed by atoms with E-state index in [1.54, 1.807) is 0 Å². The maximum absolute atomic E-state index is 12.8. The smallest absolute Gasteiger partial charge is 0.306 e. The third-order valence-corrected chi connectivity index (χ3v) is 10.8. The van der Waals surface area contributed by atoms with Crippen molar-refractivity contribution in [1.29, 1.82) is 0 Å². The van der Waals surface area contributed by atoms with Crippen LogP contribution in [0.3, 0.4) is 0 Å². The molecule has 0 fully saturated rings. The van der Waals surface area contributed by atoms with Crippen LogP contribution < -0.4 is 0 Å². The van der Waals surface area contributed by atoms with E-state index in [9.17, 15) is 14.4 Å². The van der Waals surface area contributed by atoms with Crippen molar-refractivity contribution in [2.24, 2.45) is 0 Å². The highest BCUT2D eigenvalue weighted by Gasteiger charge is 2.19. The third kappa shape index (κ3) is 50.9. The number of hydrogen-bond donors (Lipinski definition) is 0. The summed E-state index contributed by atoms with van der Waals surface area (Å²) < 4.78 is 16.7. The molecule has 6 heteroatoms. The number of esters is 3. The predicted molar refractivity (Wildman–Crippen MR) is 279 cm³/mol. The maximum Gasteiger partial charge on any atom is 0.306 e. The summed E-state index contributed by atoms with van der Waals surface area (Å²) in [5.41, 5.74) is 0. The van der Waals surface area contributed by atoms with Gasteiger partial charge in [-0.25, -0.2) is 0 Å². The predicted octanol–water partition coefficient (Wildman–Crippen LogP) is 17.5. The molecule has 368 valence electrons. The van der Waals surface area contributed by atoms with Crippen LogP contribution in [0.2, 0.25) is 0 Å². The fourth-order valence-electron chi connectivity index (χ4n) is 6.89. The fourth-order valence-corrected chi connectivity index (χ4v) is 6.89. The Morgan fingerprint density at radius 2 is 0.631 bits per heavy atom. The highest BCUT2D eigenvalue weighted by molar-refractivity contribution is 5.71. The van der Waals surface area contributed by atoms with E-state index >= 15 is 0 Å². The minimum Gasteiger partial charge on any atom is -0.462 e. The topological polar surface area (TPSA) is 78.9 Å². The Kier molecular flexibility index (Phi) is 49.5. The minimum absolute atomic E-state index is 0.108. The molecule has 0 spiro atoms. The van der Waals surface area contributed by atoms with E-state index in [-0.39, 0.29) is 37.5 Å². The van der Waals surface area contributed by atoms with Gasteiger partial charge in [-0.2, -0.15) is 0 Å². The molecule has 0 amide bonds. The van der Waals surface area contributed by atoms with Gasteiger partial charge in [0.15, 0.2) is 6.10 Å². The monoisotopic (exact) mass is 901 g/mol. The van der Waals surface area contributed by atoms with Gasteiger partial charge in [0.1, 0.15) is 13.2 Å². The van der Waals surface area contributed by atoms with E-state index < -0.39 is 6.10 Å². The number of rotatable bonds is 46. The number of unbranched alkanes of at least 4 members (excludes halogenated alkanes) is 17. The Morgan fingerprint density at radius 3 is 1.03 bits per heavy atom. The van der Waals surface area contributed by atoms with Gasteiger partial charge in [-0.15, -0.1) is 0 Å². The van der Waals surface area contributed by atoms with Crippen molar-refractivity contribution in [1.82, 2.24) is 0 Å². The molecule has 0 bridgehead atoms. The Balaban J connectivity index is 4.53. The van der Waals surface area contributed by atoms with Gasteiger partial charge >= 0.3 is 17.9 Å². The van der Waals surface area contributed by atoms with Crippen molar-refractivity contribution < 1.29 is 28.6 Å². The molecule has 0 saturated heterocycles. The first-order chi connectivity index (χ1) is 32.0. The first kappa shape index (κ1) is 61.1. The molecule has 0 radical (unpaired) electrons. The van der Waals surface area contributed by atoms with Crippen molar-refractivity contribution in [3.8, 4) is 0 Å². The van der Waals surface area contributed by atoms with Crippen LogP contribution >= 0.6 is 0 Å². The fraction of sp³-hybridized carbons (Fsp3) is 0.644. The van der Waals surface area contributed by atoms with Gasteiger partial charge in [0.2, 0.25) is 0 Å². The summed E-state index contributed by atoms with van der Waals surface area (Å²) in [5.74, 6) is -1.02. The highest BCUT2D eigenvalue weighted by atomic mass is 16.6. The summed E-state index contributed by atoms with van der Waals surface area (Å²) in [5, 5.41) is 0. The maximum atomic E-state index is 12.8. The summed E-state index contributed by atoms with van der Waals surface area (Å²) in [6.07, 6.45) is 70.8. The summed E-state index contributed by atoms with van der Waals surface area (Å²) >= 11 is 0. The van der Waals surface area contributed by atoms with Gasteiger partial charge in [0.05, 0.1) is 0 Å². The summed E-state index contributed by atoms with van der Waals surface area (Å²) in [4.78, 5) is 38.0. The van der Waals surface area contributed by atoms with Gasteiger partial charge in [0, 0.05) is 19.3 Å². The molecule has 0 heterocycles. The normalized spacial score (nSPS) is 13.0. The van der Waals surface area contributed by atoms with Crippen LogP contribution in [0.5, 0.6) is 0 Å². The van der Waals surface area contributed by atoms with Crippen LogP contribution in [0.25, 0.3) is 0 Å². The van der Waals surface area contributed by atoms with Crippen molar-refractivity contribution in [3.63, 3.8) is 0 Å². The molecule has 0 aliphatic heterocycles. The van der Waals surface area contributed by atoms with Crippen molar-refractivity contribution in [2.75, 3.05) is 13.2 Å². The second-order valence-electron chi connectivity index (χ2n) is 17.0. The second kappa shape index (κ2) is 52.7. The van der Waals surface area contributed by atoms with E-state index in [1.807, 2.05) is 12.2 Å². The second-order valence-corrected chi connectivity index (χ2v) is 17.0. The van der Waals surface area contributed by atoms with E-state index in [0.29, 0.717) is 19.3 Å². The molecule has 0 aromatic carbocycles. The Morgan fingerprint density at radius 1 is 0.323 bits per heavy atom. The van der Waals surface area contributed by atoms with Gasteiger partial charge in [-0.1, -0.05) is 226 Å². The van der Waals surface area contributed by atoms with Crippen LogP contribution in [0.4, 0.5) is 0 Å². The molecule has 0 saturated carbocycles. The number of ether oxygens (including phenoxy) is 3. The van der Waals surface area contributed by atoms with Crippen LogP contribution in [0.15, 0.2) is 109 Å². The Hall–Kier alpha value is -3.93. The molecule has 65 heavy (non-hydrogen) atoms. The summed E-state index contributed by atoms with van der Waals surface area (Å²) in [6.45, 7) is 6.32. The average Bonchev–Trinajstić information content (AvgIpc) is 3.30. The van der Waals surface area contributed by atoms with Gasteiger partial charge in [-0.3, -0.25) is 14.4 Å². The molecule has 0 aromatic rings. The zero-order chi connectivity index (χ0) is 47.2. The number of hydrogen-bond acceptors (Lipinski definition) is 6. The zero-order valence-electron chi connectivity index (χ0n) is 42.0. The van der Waals surface area contributed by atoms with Crippen molar-refractivity contribution in [3.05, 3.63) is 109 Å². The largest absolute Gasteiger partial charge is 0.462 e. The molecule has 6 nitrogen and oxygen atoms in total. The summed E-state index contributed by atoms with van der Waals surface area (Å²) in [6, 6.07) is 0. The van der Waals surface area contributed by atoms with Crippen molar-refractivity contribution >= 4 is 17.9 Å². The zero-order valence-corrected chi connectivity index (χ0v) is 42.0. The van der Waals surface area contributed by atoms with Gasteiger partial charge < -0.3 is 14.2 Å². The van der Waals surface area contributed by atoms with Crippen LogP contribution in [0.1, 0.15) is 226 Å². The third-order valence-electron chi connectivity index (χ3n) is 10.8. The molecular weight excluding hydrogens is 805 g/mol. The molecule has 1 atom stereocenters. The van der Waals surface area contributed by atoms with Crippen molar-refractivity contribution in [2.45, 2.75) is 232 Å². The molecular formula is C59H96O6. The minimum atomic E-state index is -0.817. The lowest BCUT2D eigenvalue weighted by molar-refractivity contribution is -0.166. The van der Waals surface area contributed by atoms with Crippen LogP contribution in [-0.4, -0.2) is 37.2 Å². The lowest BCUT2D eigenvalue weighted by atomic mass is 10.0. The molecule has 0 aliphatic carbocycles. The molecule has 1 unspecified atom stereocenters. The first-order valence-electron chi connectivity index (χ1n) is 26.4.